The number of nitrogens with one attached hydrogen (secondary N) is 1. The van der Waals surface area contributed by atoms with E-state index in [1.807, 2.05) is 23.7 Å². The van der Waals surface area contributed by atoms with Gasteiger partial charge >= 0.3 is 0 Å². The van der Waals surface area contributed by atoms with Crippen LogP contribution >= 0.6 is 15.9 Å². The Morgan fingerprint density at radius 2 is 2.38 bits per heavy atom. The first-order chi connectivity index (χ1) is 7.75. The Hall–Kier alpha value is -1.14. The highest BCUT2D eigenvalue weighted by atomic mass is 79.9. The quantitative estimate of drug-likeness (QED) is 0.846. The van der Waals surface area contributed by atoms with Gasteiger partial charge in [-0.25, -0.2) is 0 Å². The van der Waals surface area contributed by atoms with Gasteiger partial charge < -0.3 is 14.3 Å². The van der Waals surface area contributed by atoms with E-state index in [1.54, 1.807) is 6.33 Å². The molecule has 0 saturated carbocycles. The fraction of sp³-hybridized carbons (Fsp3) is 0.400. The number of nitrogens with zero attached hydrogens (tertiary/aromatic N) is 3. The first-order valence-electron chi connectivity index (χ1n) is 5.03. The predicted octanol–water partition coefficient (Wildman–Crippen LogP) is 1.50. The third kappa shape index (κ3) is 2.93. The first kappa shape index (κ1) is 11.3. The lowest BCUT2D eigenvalue weighted by atomic mass is 10.4. The third-order valence-corrected chi connectivity index (χ3v) is 2.68. The summed E-state index contributed by atoms with van der Waals surface area (Å²) in [5, 5.41) is 11.1. The summed E-state index contributed by atoms with van der Waals surface area (Å²) in [6.45, 7) is 1.58. The fourth-order valence-electron chi connectivity index (χ4n) is 1.39. The molecule has 0 spiro atoms. The van der Waals surface area contributed by atoms with Crippen molar-refractivity contribution < 1.29 is 4.42 Å². The largest absolute Gasteiger partial charge is 0.453 e. The van der Waals surface area contributed by atoms with Gasteiger partial charge in [0.15, 0.2) is 4.67 Å². The molecule has 0 atom stereocenters. The van der Waals surface area contributed by atoms with Gasteiger partial charge in [0, 0.05) is 20.0 Å². The standard InChI is InChI=1S/C10H13BrN4O/c1-15-7-13-14-10(15)4-5-12-6-8-2-3-9(11)16-8/h2-3,7,12H,4-6H2,1H3. The number of furan rings is 1. The van der Waals surface area contributed by atoms with Gasteiger partial charge in [-0.1, -0.05) is 0 Å². The Morgan fingerprint density at radius 1 is 1.50 bits per heavy atom. The molecule has 0 fully saturated rings. The lowest BCUT2D eigenvalue weighted by Gasteiger charge is -2.02. The van der Waals surface area contributed by atoms with E-state index in [1.165, 1.54) is 0 Å². The van der Waals surface area contributed by atoms with Crippen LogP contribution in [0.3, 0.4) is 0 Å². The molecule has 2 rings (SSSR count). The number of aromatic nitrogens is 3. The number of hydrogen-bond acceptors (Lipinski definition) is 4. The average molecular weight is 285 g/mol. The zero-order valence-corrected chi connectivity index (χ0v) is 10.6. The number of aryl methyl sites for hydroxylation is 1. The summed E-state index contributed by atoms with van der Waals surface area (Å²) < 4.78 is 8.05. The van der Waals surface area contributed by atoms with E-state index in [4.69, 9.17) is 4.42 Å². The Kier molecular flexibility index (Phi) is 3.74. The lowest BCUT2D eigenvalue weighted by molar-refractivity contribution is 0.465. The Bertz CT molecular complexity index is 451. The van der Waals surface area contributed by atoms with Crippen LogP contribution in [0.2, 0.25) is 0 Å². The monoisotopic (exact) mass is 284 g/mol. The van der Waals surface area contributed by atoms with Crippen LogP contribution in [0, 0.1) is 0 Å². The van der Waals surface area contributed by atoms with Crippen LogP contribution in [0.15, 0.2) is 27.5 Å². The second kappa shape index (κ2) is 5.27. The van der Waals surface area contributed by atoms with E-state index in [9.17, 15) is 0 Å². The molecule has 2 heterocycles. The SMILES string of the molecule is Cn1cnnc1CCNCc1ccc(Br)o1. The zero-order chi connectivity index (χ0) is 11.4. The summed E-state index contributed by atoms with van der Waals surface area (Å²) >= 11 is 3.27. The second-order valence-electron chi connectivity index (χ2n) is 3.49. The summed E-state index contributed by atoms with van der Waals surface area (Å²) in [4.78, 5) is 0. The Labute approximate surface area is 102 Å². The molecule has 16 heavy (non-hydrogen) atoms. The molecule has 1 N–H and O–H groups in total. The molecule has 0 aromatic carbocycles. The highest BCUT2D eigenvalue weighted by Crippen LogP contribution is 2.13. The van der Waals surface area contributed by atoms with Crippen LogP contribution < -0.4 is 5.32 Å². The maximum Gasteiger partial charge on any atom is 0.169 e. The van der Waals surface area contributed by atoms with Crippen molar-refractivity contribution >= 4 is 15.9 Å². The van der Waals surface area contributed by atoms with Gasteiger partial charge in [-0.05, 0) is 28.1 Å². The second-order valence-corrected chi connectivity index (χ2v) is 4.27. The molecule has 0 unspecified atom stereocenters. The van der Waals surface area contributed by atoms with E-state index in [2.05, 4.69) is 31.4 Å². The predicted molar refractivity (Wildman–Crippen MR) is 62.8 cm³/mol. The van der Waals surface area contributed by atoms with Crippen molar-refractivity contribution in [1.82, 2.24) is 20.1 Å². The van der Waals surface area contributed by atoms with Gasteiger partial charge in [0.05, 0.1) is 6.54 Å². The Balaban J connectivity index is 1.71. The molecule has 0 aliphatic rings. The minimum Gasteiger partial charge on any atom is -0.453 e. The van der Waals surface area contributed by atoms with E-state index < -0.39 is 0 Å². The maximum atomic E-state index is 5.37. The summed E-state index contributed by atoms with van der Waals surface area (Å²) in [5.74, 6) is 1.90. The van der Waals surface area contributed by atoms with Crippen LogP contribution in [0.4, 0.5) is 0 Å². The minimum atomic E-state index is 0.726. The van der Waals surface area contributed by atoms with Crippen molar-refractivity contribution in [2.75, 3.05) is 6.54 Å². The molecule has 0 bridgehead atoms. The van der Waals surface area contributed by atoms with Crippen molar-refractivity contribution in [2.24, 2.45) is 7.05 Å². The number of rotatable bonds is 5. The normalized spacial score (nSPS) is 10.9. The summed E-state index contributed by atoms with van der Waals surface area (Å²) in [7, 11) is 1.94. The van der Waals surface area contributed by atoms with E-state index in [0.717, 1.165) is 35.8 Å². The molecule has 6 heteroatoms. The molecule has 2 aromatic rings. The van der Waals surface area contributed by atoms with Crippen LogP contribution in [-0.2, 0) is 20.0 Å². The van der Waals surface area contributed by atoms with Crippen LogP contribution in [0.5, 0.6) is 0 Å². The summed E-state index contributed by atoms with van der Waals surface area (Å²) in [6.07, 6.45) is 2.57. The van der Waals surface area contributed by atoms with E-state index in [0.29, 0.717) is 0 Å². The molecule has 2 aromatic heterocycles. The van der Waals surface area contributed by atoms with Crippen LogP contribution in [0.25, 0.3) is 0 Å². The number of halogens is 1. The topological polar surface area (TPSA) is 55.9 Å². The molecule has 0 aliphatic heterocycles. The van der Waals surface area contributed by atoms with E-state index >= 15 is 0 Å². The summed E-state index contributed by atoms with van der Waals surface area (Å²) in [5.41, 5.74) is 0. The smallest absolute Gasteiger partial charge is 0.169 e. The molecule has 0 radical (unpaired) electrons. The van der Waals surface area contributed by atoms with Crippen molar-refractivity contribution in [3.05, 3.63) is 34.7 Å². The van der Waals surface area contributed by atoms with Gasteiger partial charge in [0.1, 0.15) is 17.9 Å². The first-order valence-corrected chi connectivity index (χ1v) is 5.83. The molecule has 0 aliphatic carbocycles. The zero-order valence-electron chi connectivity index (χ0n) is 8.98. The highest BCUT2D eigenvalue weighted by molar-refractivity contribution is 9.10. The summed E-state index contributed by atoms with van der Waals surface area (Å²) in [6, 6.07) is 3.83. The van der Waals surface area contributed by atoms with Crippen molar-refractivity contribution in [3.63, 3.8) is 0 Å². The third-order valence-electron chi connectivity index (χ3n) is 2.26. The molecule has 86 valence electrons. The molecule has 5 nitrogen and oxygen atoms in total. The highest BCUT2D eigenvalue weighted by Gasteiger charge is 2.01. The molecule has 0 saturated heterocycles. The molecule has 0 amide bonds. The number of hydrogen-bond donors (Lipinski definition) is 1. The van der Waals surface area contributed by atoms with Gasteiger partial charge in [-0.15, -0.1) is 10.2 Å². The van der Waals surface area contributed by atoms with E-state index in [-0.39, 0.29) is 0 Å². The van der Waals surface area contributed by atoms with Crippen molar-refractivity contribution in [1.29, 1.82) is 0 Å². The van der Waals surface area contributed by atoms with Crippen LogP contribution in [-0.4, -0.2) is 21.3 Å². The van der Waals surface area contributed by atoms with Crippen molar-refractivity contribution in [3.8, 4) is 0 Å². The molecular weight excluding hydrogens is 272 g/mol. The van der Waals surface area contributed by atoms with Gasteiger partial charge in [-0.2, -0.15) is 0 Å². The van der Waals surface area contributed by atoms with Crippen LogP contribution in [0.1, 0.15) is 11.6 Å². The van der Waals surface area contributed by atoms with Crippen molar-refractivity contribution in [2.45, 2.75) is 13.0 Å². The molecular formula is C10H13BrN4O. The minimum absolute atomic E-state index is 0.726. The Morgan fingerprint density at radius 3 is 3.00 bits per heavy atom. The lowest BCUT2D eigenvalue weighted by Crippen LogP contribution is -2.17. The fourth-order valence-corrected chi connectivity index (χ4v) is 1.73. The van der Waals surface area contributed by atoms with Gasteiger partial charge in [0.25, 0.3) is 0 Å². The maximum absolute atomic E-state index is 5.37. The van der Waals surface area contributed by atoms with Gasteiger partial charge in [0.2, 0.25) is 0 Å². The average Bonchev–Trinajstić information content (AvgIpc) is 2.83. The van der Waals surface area contributed by atoms with Gasteiger partial charge in [-0.3, -0.25) is 0 Å².